The highest BCUT2D eigenvalue weighted by Gasteiger charge is 2.00. The van der Waals surface area contributed by atoms with Gasteiger partial charge in [-0.25, -0.2) is 4.98 Å². The molecule has 0 aromatic carbocycles. The molecule has 0 spiro atoms. The van der Waals surface area contributed by atoms with Crippen molar-refractivity contribution in [3.63, 3.8) is 0 Å². The van der Waals surface area contributed by atoms with E-state index in [9.17, 15) is 4.79 Å². The number of aromatic nitrogens is 2. The van der Waals surface area contributed by atoms with Gasteiger partial charge in [-0.2, -0.15) is 4.37 Å². The molecule has 72 valence electrons. The molecular formula is C8H12N2OS2. The number of hydrogen-bond acceptors (Lipinski definition) is 5. The zero-order valence-corrected chi connectivity index (χ0v) is 9.37. The lowest BCUT2D eigenvalue weighted by Gasteiger charge is -1.94. The number of Topliss-reactive ketones (excluding diaryl/α,β-unsaturated/α-hetero) is 1. The average Bonchev–Trinajstić information content (AvgIpc) is 2.45. The third-order valence-corrected chi connectivity index (χ3v) is 3.42. The molecule has 0 atom stereocenters. The van der Waals surface area contributed by atoms with Crippen LogP contribution in [0.25, 0.3) is 0 Å². The third kappa shape index (κ3) is 4.38. The normalized spacial score (nSPS) is 10.3. The van der Waals surface area contributed by atoms with E-state index in [1.54, 1.807) is 18.7 Å². The molecule has 3 nitrogen and oxygen atoms in total. The summed E-state index contributed by atoms with van der Waals surface area (Å²) in [5, 5.41) is 0. The first-order valence-corrected chi connectivity index (χ1v) is 5.87. The lowest BCUT2D eigenvalue weighted by molar-refractivity contribution is -0.117. The number of nitrogens with zero attached hydrogens (tertiary/aromatic N) is 2. The van der Waals surface area contributed by atoms with Gasteiger partial charge in [-0.05, 0) is 31.8 Å². The van der Waals surface area contributed by atoms with Crippen molar-refractivity contribution in [2.45, 2.75) is 31.0 Å². The van der Waals surface area contributed by atoms with Crippen molar-refractivity contribution in [2.24, 2.45) is 0 Å². The van der Waals surface area contributed by atoms with Crippen molar-refractivity contribution >= 4 is 29.1 Å². The minimum atomic E-state index is 0.258. The molecule has 0 aliphatic rings. The van der Waals surface area contributed by atoms with Crippen molar-refractivity contribution in [1.29, 1.82) is 0 Å². The number of thioether (sulfide) groups is 1. The summed E-state index contributed by atoms with van der Waals surface area (Å²) in [7, 11) is 0. The summed E-state index contributed by atoms with van der Waals surface area (Å²) in [6.07, 6.45) is 1.60. The lowest BCUT2D eigenvalue weighted by Crippen LogP contribution is -1.90. The van der Waals surface area contributed by atoms with Gasteiger partial charge in [-0.3, -0.25) is 0 Å². The maximum atomic E-state index is 10.6. The van der Waals surface area contributed by atoms with E-state index in [2.05, 4.69) is 9.36 Å². The molecule has 0 unspecified atom stereocenters. The summed E-state index contributed by atoms with van der Waals surface area (Å²) in [6, 6.07) is 0. The van der Waals surface area contributed by atoms with Crippen LogP contribution in [-0.4, -0.2) is 20.9 Å². The van der Waals surface area contributed by atoms with E-state index in [0.717, 1.165) is 22.3 Å². The maximum Gasteiger partial charge on any atom is 0.170 e. The standard InChI is InChI=1S/C8H12N2OS2/c1-6(11)4-3-5-12-8-9-7(2)10-13-8/h3-5H2,1-2H3. The SMILES string of the molecule is CC(=O)CCCSc1nc(C)ns1. The molecule has 1 rings (SSSR count). The maximum absolute atomic E-state index is 10.6. The Morgan fingerprint density at radius 2 is 2.38 bits per heavy atom. The first-order chi connectivity index (χ1) is 6.18. The first-order valence-electron chi connectivity index (χ1n) is 4.11. The number of hydrogen-bond donors (Lipinski definition) is 0. The van der Waals surface area contributed by atoms with Crippen LogP contribution in [-0.2, 0) is 4.79 Å². The second-order valence-corrected chi connectivity index (χ2v) is 4.86. The van der Waals surface area contributed by atoms with E-state index < -0.39 is 0 Å². The molecule has 0 N–H and O–H groups in total. The highest BCUT2D eigenvalue weighted by atomic mass is 32.2. The van der Waals surface area contributed by atoms with Gasteiger partial charge in [0.1, 0.15) is 11.6 Å². The van der Waals surface area contributed by atoms with Gasteiger partial charge in [0.25, 0.3) is 0 Å². The molecule has 13 heavy (non-hydrogen) atoms. The topological polar surface area (TPSA) is 42.9 Å². The molecule has 0 aliphatic carbocycles. The van der Waals surface area contributed by atoms with Crippen LogP contribution in [0, 0.1) is 6.92 Å². The molecule has 0 saturated heterocycles. The number of rotatable bonds is 5. The quantitative estimate of drug-likeness (QED) is 0.559. The number of ketones is 1. The largest absolute Gasteiger partial charge is 0.300 e. The fourth-order valence-electron chi connectivity index (χ4n) is 0.817. The molecule has 0 saturated carbocycles. The van der Waals surface area contributed by atoms with E-state index in [-0.39, 0.29) is 5.78 Å². The second kappa shape index (κ2) is 5.34. The Balaban J connectivity index is 2.16. The van der Waals surface area contributed by atoms with Gasteiger partial charge in [0.2, 0.25) is 0 Å². The van der Waals surface area contributed by atoms with Crippen LogP contribution in [0.2, 0.25) is 0 Å². The molecule has 0 bridgehead atoms. The molecule has 0 amide bonds. The van der Waals surface area contributed by atoms with Crippen LogP contribution >= 0.6 is 23.3 Å². The minimum Gasteiger partial charge on any atom is -0.300 e. The van der Waals surface area contributed by atoms with Gasteiger partial charge >= 0.3 is 0 Å². The molecule has 5 heteroatoms. The van der Waals surface area contributed by atoms with Crippen molar-refractivity contribution in [1.82, 2.24) is 9.36 Å². The van der Waals surface area contributed by atoms with Gasteiger partial charge in [0.15, 0.2) is 4.34 Å². The molecular weight excluding hydrogens is 204 g/mol. The monoisotopic (exact) mass is 216 g/mol. The highest BCUT2D eigenvalue weighted by Crippen LogP contribution is 2.20. The van der Waals surface area contributed by atoms with Gasteiger partial charge in [-0.15, -0.1) is 0 Å². The van der Waals surface area contributed by atoms with Crippen LogP contribution in [0.4, 0.5) is 0 Å². The summed E-state index contributed by atoms with van der Waals surface area (Å²) in [5.74, 6) is 2.04. The second-order valence-electron chi connectivity index (χ2n) is 2.76. The lowest BCUT2D eigenvalue weighted by atomic mass is 10.3. The van der Waals surface area contributed by atoms with E-state index in [1.165, 1.54) is 11.5 Å². The van der Waals surface area contributed by atoms with Gasteiger partial charge in [-0.1, -0.05) is 11.8 Å². The van der Waals surface area contributed by atoms with Crippen LogP contribution in [0.15, 0.2) is 4.34 Å². The number of aryl methyl sites for hydroxylation is 1. The van der Waals surface area contributed by atoms with Crippen LogP contribution in [0.1, 0.15) is 25.6 Å². The Kier molecular flexibility index (Phi) is 4.38. The zero-order chi connectivity index (χ0) is 9.68. The van der Waals surface area contributed by atoms with Crippen LogP contribution in [0.3, 0.4) is 0 Å². The van der Waals surface area contributed by atoms with Gasteiger partial charge in [0, 0.05) is 12.2 Å². The Bertz CT molecular complexity index is 285. The Morgan fingerprint density at radius 3 is 2.92 bits per heavy atom. The fraction of sp³-hybridized carbons (Fsp3) is 0.625. The predicted octanol–water partition coefficient (Wildman–Crippen LogP) is 2.31. The average molecular weight is 216 g/mol. The summed E-state index contributed by atoms with van der Waals surface area (Å²) < 4.78 is 5.07. The zero-order valence-electron chi connectivity index (χ0n) is 7.74. The minimum absolute atomic E-state index is 0.258. The Labute approximate surface area is 86.1 Å². The molecule has 0 aliphatic heterocycles. The van der Waals surface area contributed by atoms with E-state index >= 15 is 0 Å². The molecule has 0 fully saturated rings. The fourth-order valence-corrected chi connectivity index (χ4v) is 2.47. The van der Waals surface area contributed by atoms with Gasteiger partial charge < -0.3 is 4.79 Å². The van der Waals surface area contributed by atoms with Crippen LogP contribution < -0.4 is 0 Å². The van der Waals surface area contributed by atoms with Crippen molar-refractivity contribution in [3.05, 3.63) is 5.82 Å². The molecule has 1 aromatic heterocycles. The third-order valence-electron chi connectivity index (χ3n) is 1.41. The van der Waals surface area contributed by atoms with E-state index in [0.29, 0.717) is 6.42 Å². The summed E-state index contributed by atoms with van der Waals surface area (Å²) in [5.41, 5.74) is 0. The van der Waals surface area contributed by atoms with Gasteiger partial charge in [0.05, 0.1) is 0 Å². The smallest absolute Gasteiger partial charge is 0.170 e. The first kappa shape index (κ1) is 10.7. The molecule has 1 aromatic rings. The van der Waals surface area contributed by atoms with Crippen molar-refractivity contribution in [3.8, 4) is 0 Å². The summed E-state index contributed by atoms with van der Waals surface area (Å²) in [6.45, 7) is 3.51. The van der Waals surface area contributed by atoms with E-state index in [1.807, 2.05) is 6.92 Å². The highest BCUT2D eigenvalue weighted by molar-refractivity contribution is 8.00. The van der Waals surface area contributed by atoms with Crippen LogP contribution in [0.5, 0.6) is 0 Å². The molecule has 1 heterocycles. The van der Waals surface area contributed by atoms with Crippen molar-refractivity contribution < 1.29 is 4.79 Å². The summed E-state index contributed by atoms with van der Waals surface area (Å²) >= 11 is 3.10. The molecule has 0 radical (unpaired) electrons. The Hall–Kier alpha value is -0.420. The van der Waals surface area contributed by atoms with Crippen molar-refractivity contribution in [2.75, 3.05) is 5.75 Å². The number of carbonyl (C=O) groups excluding carboxylic acids is 1. The summed E-state index contributed by atoms with van der Waals surface area (Å²) in [4.78, 5) is 14.8. The van der Waals surface area contributed by atoms with E-state index in [4.69, 9.17) is 0 Å². The Morgan fingerprint density at radius 1 is 1.62 bits per heavy atom. The number of carbonyl (C=O) groups is 1. The predicted molar refractivity (Wildman–Crippen MR) is 55.3 cm³/mol.